The Morgan fingerprint density at radius 3 is 2.61 bits per heavy atom. The predicted molar refractivity (Wildman–Crippen MR) is 137 cm³/mol. The number of nitrogens with zero attached hydrogens (tertiary/aromatic N) is 2. The number of carbonyl (C=O) groups excluding carboxylic acids is 1. The number of halogens is 1. The zero-order valence-electron chi connectivity index (χ0n) is 19.9. The molecule has 2 heterocycles. The number of rotatable bonds is 7. The molecule has 1 amide bonds. The minimum absolute atomic E-state index is 0.0669. The van der Waals surface area contributed by atoms with Gasteiger partial charge in [-0.15, -0.1) is 0 Å². The van der Waals surface area contributed by atoms with Gasteiger partial charge in [-0.05, 0) is 74.9 Å². The Morgan fingerprint density at radius 1 is 1.14 bits per heavy atom. The lowest BCUT2D eigenvalue weighted by Gasteiger charge is -2.14. The Kier molecular flexibility index (Phi) is 5.51. The molecule has 2 saturated carbocycles. The van der Waals surface area contributed by atoms with E-state index in [1.165, 1.54) is 18.3 Å². The van der Waals surface area contributed by atoms with Crippen LogP contribution in [0.3, 0.4) is 0 Å². The van der Waals surface area contributed by atoms with Crippen LogP contribution in [0.5, 0.6) is 11.6 Å². The third kappa shape index (κ3) is 4.34. The van der Waals surface area contributed by atoms with Crippen molar-refractivity contribution in [1.82, 2.24) is 9.55 Å². The van der Waals surface area contributed by atoms with E-state index in [0.717, 1.165) is 47.8 Å². The van der Waals surface area contributed by atoms with E-state index in [9.17, 15) is 9.18 Å². The van der Waals surface area contributed by atoms with Crippen molar-refractivity contribution in [3.63, 3.8) is 0 Å². The van der Waals surface area contributed by atoms with Crippen molar-refractivity contribution in [3.05, 3.63) is 66.6 Å². The molecule has 4 aromatic rings. The number of hydrogen-bond acceptors (Lipinski definition) is 5. The molecule has 0 radical (unpaired) electrons. The molecule has 0 unspecified atom stereocenters. The zero-order chi connectivity index (χ0) is 24.8. The molecular weight excluding hydrogens is 459 g/mol. The second-order valence-electron chi connectivity index (χ2n) is 9.59. The lowest BCUT2D eigenvalue weighted by atomic mass is 10.1. The number of aromatic nitrogens is 2. The second kappa shape index (κ2) is 8.86. The summed E-state index contributed by atoms with van der Waals surface area (Å²) in [6.45, 7) is 1.93. The summed E-state index contributed by atoms with van der Waals surface area (Å²) in [6, 6.07) is 16.3. The Balaban J connectivity index is 1.29. The lowest BCUT2D eigenvalue weighted by Crippen LogP contribution is -2.21. The number of nitrogens with one attached hydrogen (secondary N) is 1. The van der Waals surface area contributed by atoms with Gasteiger partial charge in [0.1, 0.15) is 11.9 Å². The normalized spacial score (nSPS) is 16.1. The molecule has 2 aliphatic rings. The molecule has 2 aromatic heterocycles. The summed E-state index contributed by atoms with van der Waals surface area (Å²) in [5, 5.41) is 3.72. The first-order chi connectivity index (χ1) is 17.5. The zero-order valence-corrected chi connectivity index (χ0v) is 19.9. The van der Waals surface area contributed by atoms with Crippen LogP contribution in [0.25, 0.3) is 22.2 Å². The molecule has 0 bridgehead atoms. The highest BCUT2D eigenvalue weighted by Crippen LogP contribution is 2.47. The number of carbonyl (C=O) groups is 1. The van der Waals surface area contributed by atoms with E-state index in [1.54, 1.807) is 6.07 Å². The molecule has 2 aliphatic carbocycles. The largest absolute Gasteiger partial charge is 0.446 e. The molecule has 36 heavy (non-hydrogen) atoms. The number of pyridine rings is 1. The molecule has 0 aliphatic heterocycles. The van der Waals surface area contributed by atoms with Crippen molar-refractivity contribution in [1.29, 1.82) is 0 Å². The average molecular weight is 487 g/mol. The second-order valence-corrected chi connectivity index (χ2v) is 9.59. The van der Waals surface area contributed by atoms with Gasteiger partial charge in [-0.25, -0.2) is 14.2 Å². The molecule has 3 N–H and O–H groups in total. The van der Waals surface area contributed by atoms with Crippen molar-refractivity contribution in [2.45, 2.75) is 44.8 Å². The Morgan fingerprint density at radius 2 is 1.92 bits per heavy atom. The standard InChI is InChI=1S/C28H27FN4O3/c1-16(17-4-5-17)35-28(34)32-19-8-6-18(7-9-19)26-25(30)22-13-12-21(15-24(22)33(26)20-10-11-20)36-27-23(29)3-2-14-31-27/h2-3,6-9,12-17,20H,4-5,10-11,30H2,1H3,(H,32,34)/t16-/m1/s1. The van der Waals surface area contributed by atoms with Crippen LogP contribution in [0.4, 0.5) is 20.6 Å². The summed E-state index contributed by atoms with van der Waals surface area (Å²) in [5.41, 5.74) is 10.8. The molecule has 0 spiro atoms. The van der Waals surface area contributed by atoms with Crippen LogP contribution < -0.4 is 15.8 Å². The number of hydrogen-bond donors (Lipinski definition) is 2. The first-order valence-corrected chi connectivity index (χ1v) is 12.3. The monoisotopic (exact) mass is 486 g/mol. The van der Waals surface area contributed by atoms with E-state index in [-0.39, 0.29) is 12.0 Å². The Hall–Kier alpha value is -4.07. The summed E-state index contributed by atoms with van der Waals surface area (Å²) in [5.74, 6) is 0.390. The van der Waals surface area contributed by atoms with Crippen LogP contribution in [-0.2, 0) is 4.74 Å². The molecule has 8 heteroatoms. The summed E-state index contributed by atoms with van der Waals surface area (Å²) in [6.07, 6.45) is 5.33. The number of nitrogen functional groups attached to an aromatic ring is 1. The molecule has 2 aromatic carbocycles. The van der Waals surface area contributed by atoms with Crippen molar-refractivity contribution in [3.8, 4) is 22.9 Å². The predicted octanol–water partition coefficient (Wildman–Crippen LogP) is 6.90. The van der Waals surface area contributed by atoms with Crippen LogP contribution in [0.2, 0.25) is 0 Å². The van der Waals surface area contributed by atoms with E-state index >= 15 is 0 Å². The topological polar surface area (TPSA) is 91.4 Å². The fourth-order valence-electron chi connectivity index (χ4n) is 4.63. The first-order valence-electron chi connectivity index (χ1n) is 12.3. The van der Waals surface area contributed by atoms with Crippen LogP contribution in [0, 0.1) is 11.7 Å². The number of benzene rings is 2. The van der Waals surface area contributed by atoms with Gasteiger partial charge in [0.15, 0.2) is 5.82 Å². The quantitative estimate of drug-likeness (QED) is 0.296. The fraction of sp³-hybridized carbons (Fsp3) is 0.286. The number of anilines is 2. The van der Waals surface area contributed by atoms with Gasteiger partial charge in [-0.2, -0.15) is 0 Å². The maximum absolute atomic E-state index is 14.1. The van der Waals surface area contributed by atoms with Gasteiger partial charge in [0, 0.05) is 34.9 Å². The number of amides is 1. The SMILES string of the molecule is C[C@@H](OC(=O)Nc1ccc(-c2c(N)c3ccc(Oc4ncccc4F)cc3n2C2CC2)cc1)C1CC1. The van der Waals surface area contributed by atoms with E-state index in [0.29, 0.717) is 29.1 Å². The highest BCUT2D eigenvalue weighted by Gasteiger charge is 2.31. The molecule has 184 valence electrons. The van der Waals surface area contributed by atoms with Gasteiger partial charge in [-0.1, -0.05) is 12.1 Å². The molecule has 6 rings (SSSR count). The van der Waals surface area contributed by atoms with E-state index in [4.69, 9.17) is 15.2 Å². The maximum atomic E-state index is 14.1. The van der Waals surface area contributed by atoms with Crippen molar-refractivity contribution < 1.29 is 18.7 Å². The van der Waals surface area contributed by atoms with Crippen molar-refractivity contribution in [2.24, 2.45) is 5.92 Å². The molecular formula is C28H27FN4O3. The summed E-state index contributed by atoms with van der Waals surface area (Å²) in [7, 11) is 0. The Bertz CT molecular complexity index is 1440. The fourth-order valence-corrected chi connectivity index (χ4v) is 4.63. The third-order valence-electron chi connectivity index (χ3n) is 6.85. The minimum atomic E-state index is -0.519. The summed E-state index contributed by atoms with van der Waals surface area (Å²) in [4.78, 5) is 16.2. The van der Waals surface area contributed by atoms with Gasteiger partial charge in [-0.3, -0.25) is 5.32 Å². The van der Waals surface area contributed by atoms with E-state index in [1.807, 2.05) is 43.3 Å². The third-order valence-corrected chi connectivity index (χ3v) is 6.85. The summed E-state index contributed by atoms with van der Waals surface area (Å²) >= 11 is 0. The number of nitrogens with two attached hydrogens (primary N) is 1. The first kappa shape index (κ1) is 22.4. The van der Waals surface area contributed by atoms with Gasteiger partial charge >= 0.3 is 6.09 Å². The lowest BCUT2D eigenvalue weighted by molar-refractivity contribution is 0.108. The van der Waals surface area contributed by atoms with Gasteiger partial charge in [0.25, 0.3) is 5.88 Å². The van der Waals surface area contributed by atoms with Crippen LogP contribution in [0.1, 0.15) is 38.6 Å². The molecule has 2 fully saturated rings. The molecule has 1 atom stereocenters. The highest BCUT2D eigenvalue weighted by molar-refractivity contribution is 6.02. The molecule has 0 saturated heterocycles. The maximum Gasteiger partial charge on any atom is 0.411 e. The van der Waals surface area contributed by atoms with Crippen molar-refractivity contribution in [2.75, 3.05) is 11.1 Å². The van der Waals surface area contributed by atoms with Gasteiger partial charge in [0.05, 0.1) is 16.9 Å². The highest BCUT2D eigenvalue weighted by atomic mass is 19.1. The number of ether oxygens (including phenoxy) is 2. The minimum Gasteiger partial charge on any atom is -0.446 e. The van der Waals surface area contributed by atoms with E-state index in [2.05, 4.69) is 14.9 Å². The van der Waals surface area contributed by atoms with E-state index < -0.39 is 11.9 Å². The van der Waals surface area contributed by atoms with Crippen LogP contribution >= 0.6 is 0 Å². The smallest absolute Gasteiger partial charge is 0.411 e. The molecule has 7 nitrogen and oxygen atoms in total. The Labute approximate surface area is 208 Å². The van der Waals surface area contributed by atoms with Gasteiger partial charge < -0.3 is 19.8 Å². The van der Waals surface area contributed by atoms with Crippen LogP contribution in [-0.4, -0.2) is 21.7 Å². The van der Waals surface area contributed by atoms with Crippen LogP contribution in [0.15, 0.2) is 60.8 Å². The van der Waals surface area contributed by atoms with Crippen molar-refractivity contribution >= 4 is 28.4 Å². The van der Waals surface area contributed by atoms with Gasteiger partial charge in [0.2, 0.25) is 0 Å². The average Bonchev–Trinajstić information content (AvgIpc) is 3.79. The summed E-state index contributed by atoms with van der Waals surface area (Å²) < 4.78 is 27.5. The number of fused-ring (bicyclic) bond motifs is 1.